The topological polar surface area (TPSA) is 83.8 Å². The first-order valence-corrected chi connectivity index (χ1v) is 5.42. The first-order chi connectivity index (χ1) is 9.09. The summed E-state index contributed by atoms with van der Waals surface area (Å²) in [5, 5.41) is 18.5. The Hall–Kier alpha value is -0.820. The standard InChI is InChI=1S/C14H10O5.2Na.2H/c15-11-7-3-1-5-9(11)14(18)19-12-8-4-2-6-10(12)13(16)17;;;;/h1-8,15H,(H,16,17);;;;. The minimum absolute atomic E-state index is 0. The van der Waals surface area contributed by atoms with Crippen molar-refractivity contribution < 1.29 is 24.5 Å². The normalized spacial score (nSPS) is 8.95. The van der Waals surface area contributed by atoms with Crippen LogP contribution in [0.5, 0.6) is 11.5 Å². The fraction of sp³-hybridized carbons (Fsp3) is 0. The summed E-state index contributed by atoms with van der Waals surface area (Å²) in [6.07, 6.45) is 0. The van der Waals surface area contributed by atoms with Crippen LogP contribution >= 0.6 is 0 Å². The predicted molar refractivity (Wildman–Crippen MR) is 80.8 cm³/mol. The van der Waals surface area contributed by atoms with Gasteiger partial charge in [0.25, 0.3) is 0 Å². The van der Waals surface area contributed by atoms with Crippen LogP contribution in [0.1, 0.15) is 20.7 Å². The molecule has 0 saturated carbocycles. The van der Waals surface area contributed by atoms with Gasteiger partial charge in [-0.25, -0.2) is 9.59 Å². The molecular weight excluding hydrogens is 294 g/mol. The van der Waals surface area contributed by atoms with E-state index in [2.05, 4.69) is 0 Å². The number of carboxylic acid groups (broad SMARTS) is 1. The number of rotatable bonds is 3. The van der Waals surface area contributed by atoms with Gasteiger partial charge in [-0.3, -0.25) is 0 Å². The molecule has 0 radical (unpaired) electrons. The average molecular weight is 306 g/mol. The summed E-state index contributed by atoms with van der Waals surface area (Å²) in [7, 11) is 0. The maximum atomic E-state index is 11.8. The van der Waals surface area contributed by atoms with E-state index < -0.39 is 11.9 Å². The van der Waals surface area contributed by atoms with Crippen LogP contribution in [0.4, 0.5) is 0 Å². The van der Waals surface area contributed by atoms with Crippen molar-refractivity contribution in [3.8, 4) is 11.5 Å². The monoisotopic (exact) mass is 306 g/mol. The second-order valence-electron chi connectivity index (χ2n) is 3.71. The Morgan fingerprint density at radius 3 is 1.95 bits per heavy atom. The molecule has 2 N–H and O–H groups in total. The van der Waals surface area contributed by atoms with Gasteiger partial charge in [0.15, 0.2) is 0 Å². The summed E-state index contributed by atoms with van der Waals surface area (Å²) in [4.78, 5) is 22.8. The second kappa shape index (κ2) is 9.25. The van der Waals surface area contributed by atoms with Gasteiger partial charge in [0.2, 0.25) is 0 Å². The average Bonchev–Trinajstić information content (AvgIpc) is 2.39. The Morgan fingerprint density at radius 2 is 1.38 bits per heavy atom. The zero-order chi connectivity index (χ0) is 13.8. The molecule has 0 heterocycles. The molecule has 5 nitrogen and oxygen atoms in total. The number of hydrogen-bond donors (Lipinski definition) is 2. The van der Waals surface area contributed by atoms with Crippen molar-refractivity contribution in [3.63, 3.8) is 0 Å². The molecule has 0 spiro atoms. The maximum absolute atomic E-state index is 11.8. The van der Waals surface area contributed by atoms with Crippen molar-refractivity contribution in [2.75, 3.05) is 0 Å². The van der Waals surface area contributed by atoms with Gasteiger partial charge in [0.05, 0.1) is 0 Å². The van der Waals surface area contributed by atoms with Crippen molar-refractivity contribution in [2.45, 2.75) is 0 Å². The molecule has 0 atom stereocenters. The van der Waals surface area contributed by atoms with E-state index in [1.54, 1.807) is 18.2 Å². The zero-order valence-electron chi connectivity index (χ0n) is 9.74. The van der Waals surface area contributed by atoms with Crippen LogP contribution in [0, 0.1) is 0 Å². The van der Waals surface area contributed by atoms with Crippen molar-refractivity contribution in [3.05, 3.63) is 59.7 Å². The molecular formula is C14H12Na2O5. The molecule has 0 aromatic heterocycles. The number of phenols is 1. The van der Waals surface area contributed by atoms with Gasteiger partial charge in [-0.05, 0) is 24.3 Å². The Morgan fingerprint density at radius 1 is 0.857 bits per heavy atom. The van der Waals surface area contributed by atoms with Crippen molar-refractivity contribution in [1.82, 2.24) is 0 Å². The summed E-state index contributed by atoms with van der Waals surface area (Å²) in [6, 6.07) is 11.7. The number of ether oxygens (including phenoxy) is 1. The van der Waals surface area contributed by atoms with Crippen LogP contribution in [0.3, 0.4) is 0 Å². The van der Waals surface area contributed by atoms with Crippen LogP contribution in [0.25, 0.3) is 0 Å². The number of esters is 1. The number of benzene rings is 2. The molecule has 0 aliphatic heterocycles. The third kappa shape index (κ3) is 5.14. The van der Waals surface area contributed by atoms with Crippen LogP contribution in [-0.4, -0.2) is 81.3 Å². The number of hydrogen-bond acceptors (Lipinski definition) is 4. The quantitative estimate of drug-likeness (QED) is 0.502. The van der Waals surface area contributed by atoms with Crippen LogP contribution in [0.2, 0.25) is 0 Å². The summed E-state index contributed by atoms with van der Waals surface area (Å²) in [5.74, 6) is -2.30. The van der Waals surface area contributed by atoms with E-state index in [4.69, 9.17) is 9.84 Å². The van der Waals surface area contributed by atoms with Gasteiger partial charge in [0.1, 0.15) is 22.6 Å². The summed E-state index contributed by atoms with van der Waals surface area (Å²) >= 11 is 0. The van der Waals surface area contributed by atoms with Gasteiger partial charge in [-0.1, -0.05) is 24.3 Å². The Labute approximate surface area is 165 Å². The molecule has 0 saturated heterocycles. The van der Waals surface area contributed by atoms with E-state index in [1.165, 1.54) is 30.3 Å². The van der Waals surface area contributed by atoms with Gasteiger partial charge in [-0.15, -0.1) is 0 Å². The Bertz CT molecular complexity index is 643. The van der Waals surface area contributed by atoms with Gasteiger partial charge >= 0.3 is 71.1 Å². The SMILES string of the molecule is O=C(Oc1ccccc1C(=O)O)c1ccccc1O.[NaH].[NaH]. The molecule has 100 valence electrons. The summed E-state index contributed by atoms with van der Waals surface area (Å²) in [6.45, 7) is 0. The fourth-order valence-corrected chi connectivity index (χ4v) is 1.53. The van der Waals surface area contributed by atoms with E-state index in [9.17, 15) is 14.7 Å². The van der Waals surface area contributed by atoms with Gasteiger partial charge < -0.3 is 14.9 Å². The first-order valence-electron chi connectivity index (χ1n) is 5.42. The van der Waals surface area contributed by atoms with Crippen molar-refractivity contribution in [2.24, 2.45) is 0 Å². The van der Waals surface area contributed by atoms with Crippen LogP contribution < -0.4 is 4.74 Å². The summed E-state index contributed by atoms with van der Waals surface area (Å²) in [5.41, 5.74) is -0.144. The molecule has 0 fully saturated rings. The first kappa shape index (κ1) is 20.2. The molecule has 0 unspecified atom stereocenters. The van der Waals surface area contributed by atoms with E-state index in [0.717, 1.165) is 0 Å². The number of phenolic OH excluding ortho intramolecular Hbond substituents is 1. The fourth-order valence-electron chi connectivity index (χ4n) is 1.53. The molecule has 21 heavy (non-hydrogen) atoms. The Kier molecular flexibility index (Phi) is 8.89. The molecule has 0 aliphatic carbocycles. The van der Waals surface area contributed by atoms with Crippen LogP contribution in [0.15, 0.2) is 48.5 Å². The van der Waals surface area contributed by atoms with Gasteiger partial charge in [-0.2, -0.15) is 0 Å². The zero-order valence-corrected chi connectivity index (χ0v) is 9.74. The van der Waals surface area contributed by atoms with E-state index in [1.807, 2.05) is 0 Å². The minimum atomic E-state index is -1.19. The van der Waals surface area contributed by atoms with E-state index >= 15 is 0 Å². The third-order valence-corrected chi connectivity index (χ3v) is 2.44. The van der Waals surface area contributed by atoms with Crippen molar-refractivity contribution >= 4 is 71.1 Å². The number of carboxylic acids is 1. The van der Waals surface area contributed by atoms with Crippen molar-refractivity contribution in [1.29, 1.82) is 0 Å². The number of aromatic carboxylic acids is 1. The predicted octanol–water partition coefficient (Wildman–Crippen LogP) is 1.01. The van der Waals surface area contributed by atoms with E-state index in [-0.39, 0.29) is 81.7 Å². The molecule has 2 rings (SSSR count). The molecule has 2 aromatic carbocycles. The molecule has 0 amide bonds. The van der Waals surface area contributed by atoms with Crippen LogP contribution in [-0.2, 0) is 0 Å². The summed E-state index contributed by atoms with van der Waals surface area (Å²) < 4.78 is 4.99. The number of aromatic hydroxyl groups is 1. The van der Waals surface area contributed by atoms with E-state index in [0.29, 0.717) is 0 Å². The Balaban J connectivity index is 0.00000200. The molecule has 0 bridgehead atoms. The van der Waals surface area contributed by atoms with Gasteiger partial charge in [0, 0.05) is 0 Å². The number of carbonyl (C=O) groups is 2. The third-order valence-electron chi connectivity index (χ3n) is 2.44. The second-order valence-corrected chi connectivity index (χ2v) is 3.71. The molecule has 0 aliphatic rings. The molecule has 7 heteroatoms. The number of carbonyl (C=O) groups excluding carboxylic acids is 1. The number of para-hydroxylation sites is 2. The molecule has 2 aromatic rings.